The summed E-state index contributed by atoms with van der Waals surface area (Å²) < 4.78 is 1.00. The van der Waals surface area contributed by atoms with Crippen molar-refractivity contribution in [3.05, 3.63) is 34.4 Å². The summed E-state index contributed by atoms with van der Waals surface area (Å²) in [7, 11) is 0. The topological polar surface area (TPSA) is 36.1 Å². The van der Waals surface area contributed by atoms with Gasteiger partial charge in [0.15, 0.2) is 0 Å². The van der Waals surface area contributed by atoms with Crippen LogP contribution in [0.1, 0.15) is 36.5 Å². The van der Waals surface area contributed by atoms with Crippen molar-refractivity contribution < 1.29 is 4.79 Å². The molecule has 1 N–H and O–H groups in total. The summed E-state index contributed by atoms with van der Waals surface area (Å²) in [4.78, 5) is 17.9. The van der Waals surface area contributed by atoms with Crippen LogP contribution in [-0.4, -0.2) is 28.4 Å². The van der Waals surface area contributed by atoms with Gasteiger partial charge in [0.2, 0.25) is 0 Å². The average molecular weight is 321 g/mol. The van der Waals surface area contributed by atoms with Crippen LogP contribution < -0.4 is 0 Å². The Morgan fingerprint density at radius 1 is 1.42 bits per heavy atom. The number of carbonyl (C=O) groups is 1. The van der Waals surface area contributed by atoms with Gasteiger partial charge in [0, 0.05) is 28.6 Å². The summed E-state index contributed by atoms with van der Waals surface area (Å²) in [6.45, 7) is 3.01. The monoisotopic (exact) mass is 320 g/mol. The van der Waals surface area contributed by atoms with Crippen LogP contribution in [0.4, 0.5) is 0 Å². The molecule has 100 valence electrons. The fourth-order valence-corrected chi connectivity index (χ4v) is 3.30. The summed E-state index contributed by atoms with van der Waals surface area (Å²) >= 11 is 3.50. The SMILES string of the molecule is CC1CCCCN1C(=O)c1cccc2c(Br)c[nH]c12. The summed E-state index contributed by atoms with van der Waals surface area (Å²) in [6.07, 6.45) is 5.33. The largest absolute Gasteiger partial charge is 0.359 e. The Hall–Kier alpha value is -1.29. The molecule has 1 saturated heterocycles. The number of carbonyl (C=O) groups excluding carboxylic acids is 1. The average Bonchev–Trinajstić information content (AvgIpc) is 2.80. The number of hydrogen-bond donors (Lipinski definition) is 1. The van der Waals surface area contributed by atoms with Crippen molar-refractivity contribution in [1.82, 2.24) is 9.88 Å². The number of H-pyrrole nitrogens is 1. The molecule has 1 amide bonds. The normalized spacial score (nSPS) is 19.9. The number of amides is 1. The molecule has 0 bridgehead atoms. The van der Waals surface area contributed by atoms with Crippen LogP contribution in [-0.2, 0) is 0 Å². The van der Waals surface area contributed by atoms with Gasteiger partial charge >= 0.3 is 0 Å². The number of aromatic amines is 1. The Bertz CT molecular complexity index is 620. The second-order valence-electron chi connectivity index (χ2n) is 5.21. The van der Waals surface area contributed by atoms with Gasteiger partial charge in [-0.2, -0.15) is 0 Å². The van der Waals surface area contributed by atoms with Crippen LogP contribution in [0.25, 0.3) is 10.9 Å². The minimum absolute atomic E-state index is 0.146. The molecule has 1 aliphatic heterocycles. The highest BCUT2D eigenvalue weighted by Crippen LogP contribution is 2.28. The predicted molar refractivity (Wildman–Crippen MR) is 80.3 cm³/mol. The molecule has 0 aliphatic carbocycles. The van der Waals surface area contributed by atoms with Gasteiger partial charge in [-0.3, -0.25) is 4.79 Å². The van der Waals surface area contributed by atoms with E-state index in [1.54, 1.807) is 0 Å². The lowest BCUT2D eigenvalue weighted by Gasteiger charge is -2.33. The smallest absolute Gasteiger partial charge is 0.256 e. The number of aromatic nitrogens is 1. The zero-order valence-corrected chi connectivity index (χ0v) is 12.5. The molecular formula is C15H17BrN2O. The molecule has 1 unspecified atom stereocenters. The lowest BCUT2D eigenvalue weighted by Crippen LogP contribution is -2.42. The molecule has 0 saturated carbocycles. The van der Waals surface area contributed by atoms with Gasteiger partial charge < -0.3 is 9.88 Å². The standard InChI is InChI=1S/C15H17BrN2O/c1-10-5-2-3-8-18(10)15(19)12-7-4-6-11-13(16)9-17-14(11)12/h4,6-7,9-10,17H,2-3,5,8H2,1H3. The number of rotatable bonds is 1. The Labute approximate surface area is 121 Å². The van der Waals surface area contributed by atoms with E-state index < -0.39 is 0 Å². The van der Waals surface area contributed by atoms with Gasteiger partial charge in [-0.15, -0.1) is 0 Å². The van der Waals surface area contributed by atoms with Crippen molar-refractivity contribution in [1.29, 1.82) is 0 Å². The molecule has 1 atom stereocenters. The number of nitrogens with zero attached hydrogens (tertiary/aromatic N) is 1. The number of benzene rings is 1. The van der Waals surface area contributed by atoms with Crippen LogP contribution in [0.5, 0.6) is 0 Å². The highest BCUT2D eigenvalue weighted by Gasteiger charge is 2.25. The lowest BCUT2D eigenvalue weighted by molar-refractivity contribution is 0.0637. The van der Waals surface area contributed by atoms with E-state index in [0.29, 0.717) is 6.04 Å². The van der Waals surface area contributed by atoms with Crippen molar-refractivity contribution in [2.45, 2.75) is 32.2 Å². The van der Waals surface area contributed by atoms with Crippen molar-refractivity contribution in [2.24, 2.45) is 0 Å². The molecule has 2 heterocycles. The molecule has 4 heteroatoms. The molecule has 1 fully saturated rings. The fraction of sp³-hybridized carbons (Fsp3) is 0.400. The highest BCUT2D eigenvalue weighted by molar-refractivity contribution is 9.10. The second-order valence-corrected chi connectivity index (χ2v) is 6.06. The number of para-hydroxylation sites is 1. The van der Waals surface area contributed by atoms with Gasteiger partial charge in [-0.05, 0) is 48.2 Å². The van der Waals surface area contributed by atoms with Crippen molar-refractivity contribution in [3.8, 4) is 0 Å². The van der Waals surface area contributed by atoms with E-state index >= 15 is 0 Å². The zero-order chi connectivity index (χ0) is 13.4. The minimum atomic E-state index is 0.146. The lowest BCUT2D eigenvalue weighted by atomic mass is 10.0. The summed E-state index contributed by atoms with van der Waals surface area (Å²) in [5.41, 5.74) is 1.70. The van der Waals surface area contributed by atoms with Gasteiger partial charge in [-0.1, -0.05) is 12.1 Å². The Balaban J connectivity index is 2.01. The third kappa shape index (κ3) is 2.18. The van der Waals surface area contributed by atoms with E-state index in [-0.39, 0.29) is 5.91 Å². The number of nitrogens with one attached hydrogen (secondary N) is 1. The number of piperidine rings is 1. The van der Waals surface area contributed by atoms with Crippen LogP contribution in [0.2, 0.25) is 0 Å². The van der Waals surface area contributed by atoms with Crippen LogP contribution in [0, 0.1) is 0 Å². The molecule has 0 radical (unpaired) electrons. The quantitative estimate of drug-likeness (QED) is 0.848. The minimum Gasteiger partial charge on any atom is -0.359 e. The number of likely N-dealkylation sites (tertiary alicyclic amines) is 1. The maximum absolute atomic E-state index is 12.7. The fourth-order valence-electron chi connectivity index (χ4n) is 2.85. The summed E-state index contributed by atoms with van der Waals surface area (Å²) in [5, 5.41) is 1.07. The van der Waals surface area contributed by atoms with Crippen molar-refractivity contribution >= 4 is 32.7 Å². The highest BCUT2D eigenvalue weighted by atomic mass is 79.9. The first kappa shape index (κ1) is 12.7. The Morgan fingerprint density at radius 3 is 3.05 bits per heavy atom. The van der Waals surface area contributed by atoms with Crippen molar-refractivity contribution in [2.75, 3.05) is 6.54 Å². The molecule has 3 nitrogen and oxygen atoms in total. The molecule has 3 rings (SSSR count). The van der Waals surface area contributed by atoms with Gasteiger partial charge in [0.1, 0.15) is 0 Å². The summed E-state index contributed by atoms with van der Waals surface area (Å²) in [5.74, 6) is 0.146. The molecule has 19 heavy (non-hydrogen) atoms. The molecule has 2 aromatic rings. The van der Waals surface area contributed by atoms with E-state index in [9.17, 15) is 4.79 Å². The van der Waals surface area contributed by atoms with Crippen LogP contribution in [0.3, 0.4) is 0 Å². The first-order valence-corrected chi connectivity index (χ1v) is 7.54. The molecule has 1 aromatic heterocycles. The molecule has 0 spiro atoms. The molecule has 1 aromatic carbocycles. The third-order valence-electron chi connectivity index (χ3n) is 3.96. The number of halogens is 1. The van der Waals surface area contributed by atoms with Crippen LogP contribution >= 0.6 is 15.9 Å². The van der Waals surface area contributed by atoms with Crippen LogP contribution in [0.15, 0.2) is 28.9 Å². The second kappa shape index (κ2) is 5.00. The molecule has 1 aliphatic rings. The molecular weight excluding hydrogens is 304 g/mol. The maximum Gasteiger partial charge on any atom is 0.256 e. The van der Waals surface area contributed by atoms with E-state index in [4.69, 9.17) is 0 Å². The third-order valence-corrected chi connectivity index (χ3v) is 4.62. The van der Waals surface area contributed by atoms with Gasteiger partial charge in [-0.25, -0.2) is 0 Å². The zero-order valence-electron chi connectivity index (χ0n) is 10.9. The van der Waals surface area contributed by atoms with Gasteiger partial charge in [0.05, 0.1) is 11.1 Å². The van der Waals surface area contributed by atoms with Gasteiger partial charge in [0.25, 0.3) is 5.91 Å². The first-order chi connectivity index (χ1) is 9.18. The van der Waals surface area contributed by atoms with E-state index in [1.807, 2.05) is 29.3 Å². The number of fused-ring (bicyclic) bond motifs is 1. The number of hydrogen-bond acceptors (Lipinski definition) is 1. The predicted octanol–water partition coefficient (Wildman–Crippen LogP) is 3.95. The Kier molecular flexibility index (Phi) is 3.35. The Morgan fingerprint density at radius 2 is 2.26 bits per heavy atom. The first-order valence-electron chi connectivity index (χ1n) is 6.75. The van der Waals surface area contributed by atoms with E-state index in [0.717, 1.165) is 40.3 Å². The summed E-state index contributed by atoms with van der Waals surface area (Å²) in [6, 6.07) is 6.22. The van der Waals surface area contributed by atoms with Crippen molar-refractivity contribution in [3.63, 3.8) is 0 Å². The van der Waals surface area contributed by atoms with E-state index in [2.05, 4.69) is 27.8 Å². The van der Waals surface area contributed by atoms with E-state index in [1.165, 1.54) is 6.42 Å². The maximum atomic E-state index is 12.7.